The van der Waals surface area contributed by atoms with Crippen molar-refractivity contribution in [3.05, 3.63) is 27.7 Å². The Kier molecular flexibility index (Phi) is 4.57. The molecule has 0 saturated heterocycles. The zero-order chi connectivity index (χ0) is 14.7. The van der Waals surface area contributed by atoms with Gasteiger partial charge in [0.2, 0.25) is 5.91 Å². The third kappa shape index (κ3) is 2.92. The third-order valence-electron chi connectivity index (χ3n) is 3.93. The Morgan fingerprint density at radius 1 is 1.50 bits per heavy atom. The lowest BCUT2D eigenvalue weighted by Gasteiger charge is -2.22. The molecule has 1 atom stereocenters. The van der Waals surface area contributed by atoms with Crippen molar-refractivity contribution < 1.29 is 4.79 Å². The van der Waals surface area contributed by atoms with Crippen molar-refractivity contribution in [2.24, 2.45) is 0 Å². The number of unbranched alkanes of at least 4 members (excludes halogenated alkanes) is 1. The van der Waals surface area contributed by atoms with Gasteiger partial charge in [-0.15, -0.1) is 0 Å². The maximum Gasteiger partial charge on any atom is 0.267 e. The van der Waals surface area contributed by atoms with Gasteiger partial charge in [-0.2, -0.15) is 5.10 Å². The number of rotatable bonds is 5. The van der Waals surface area contributed by atoms with Crippen LogP contribution in [0.5, 0.6) is 0 Å². The van der Waals surface area contributed by atoms with Crippen LogP contribution in [-0.2, 0) is 17.6 Å². The van der Waals surface area contributed by atoms with Gasteiger partial charge in [0.05, 0.1) is 5.69 Å². The molecule has 0 aromatic carbocycles. The van der Waals surface area contributed by atoms with Crippen molar-refractivity contribution in [1.82, 2.24) is 14.7 Å². The van der Waals surface area contributed by atoms with Gasteiger partial charge in [-0.1, -0.05) is 13.3 Å². The van der Waals surface area contributed by atoms with Crippen LogP contribution in [0.3, 0.4) is 0 Å². The summed E-state index contributed by atoms with van der Waals surface area (Å²) < 4.78 is 1.34. The van der Waals surface area contributed by atoms with E-state index in [0.717, 1.165) is 49.9 Å². The number of carbonyl (C=O) groups excluding carboxylic acids is 1. The van der Waals surface area contributed by atoms with Crippen molar-refractivity contribution in [2.45, 2.75) is 52.0 Å². The largest absolute Gasteiger partial charge is 0.344 e. The predicted molar refractivity (Wildman–Crippen MR) is 77.8 cm³/mol. The minimum absolute atomic E-state index is 0.0500. The number of aromatic nitrogens is 2. The number of amides is 1. The Morgan fingerprint density at radius 2 is 2.25 bits per heavy atom. The van der Waals surface area contributed by atoms with E-state index in [4.69, 9.17) is 0 Å². The monoisotopic (exact) mass is 277 g/mol. The Bertz CT molecular complexity index is 551. The van der Waals surface area contributed by atoms with Crippen LogP contribution >= 0.6 is 0 Å². The summed E-state index contributed by atoms with van der Waals surface area (Å²) in [6, 6.07) is 1.11. The third-order valence-corrected chi connectivity index (χ3v) is 3.93. The van der Waals surface area contributed by atoms with Gasteiger partial charge in [-0.3, -0.25) is 9.59 Å². The van der Waals surface area contributed by atoms with Crippen molar-refractivity contribution >= 4 is 5.91 Å². The van der Waals surface area contributed by atoms with Crippen LogP contribution in [0.15, 0.2) is 10.9 Å². The summed E-state index contributed by atoms with van der Waals surface area (Å²) >= 11 is 0. The molecular weight excluding hydrogens is 254 g/mol. The molecule has 1 aliphatic rings. The van der Waals surface area contributed by atoms with Gasteiger partial charge in [0.25, 0.3) is 5.56 Å². The highest BCUT2D eigenvalue weighted by atomic mass is 16.2. The van der Waals surface area contributed by atoms with Crippen LogP contribution in [0.1, 0.15) is 50.4 Å². The highest BCUT2D eigenvalue weighted by molar-refractivity contribution is 5.79. The minimum Gasteiger partial charge on any atom is -0.344 e. The first-order valence-corrected chi connectivity index (χ1v) is 7.41. The molecule has 2 rings (SSSR count). The van der Waals surface area contributed by atoms with Gasteiger partial charge in [0, 0.05) is 19.7 Å². The van der Waals surface area contributed by atoms with Crippen LogP contribution in [-0.4, -0.2) is 34.2 Å². The number of fused-ring (bicyclic) bond motifs is 1. The summed E-state index contributed by atoms with van der Waals surface area (Å²) in [5.41, 5.74) is 1.85. The molecule has 0 fully saturated rings. The summed E-state index contributed by atoms with van der Waals surface area (Å²) in [4.78, 5) is 26.1. The number of hydrogen-bond donors (Lipinski definition) is 0. The lowest BCUT2D eigenvalue weighted by Crippen LogP contribution is -2.38. The molecule has 0 aliphatic heterocycles. The standard InChI is InChI=1S/C15H23N3O2/c1-4-5-9-17(3)15(20)11(2)18-14(19)10-12-7-6-8-13(12)16-18/h10-11H,4-9H2,1-3H3. The Labute approximate surface area is 119 Å². The molecule has 1 amide bonds. The average Bonchev–Trinajstić information content (AvgIpc) is 2.89. The zero-order valence-electron chi connectivity index (χ0n) is 12.6. The van der Waals surface area contributed by atoms with E-state index in [-0.39, 0.29) is 11.5 Å². The van der Waals surface area contributed by atoms with E-state index in [0.29, 0.717) is 0 Å². The molecule has 5 nitrogen and oxygen atoms in total. The minimum atomic E-state index is -0.532. The Hall–Kier alpha value is -1.65. The molecule has 1 aromatic rings. The molecule has 0 spiro atoms. The first-order valence-electron chi connectivity index (χ1n) is 7.41. The number of nitrogens with zero attached hydrogens (tertiary/aromatic N) is 3. The molecule has 1 aromatic heterocycles. The second-order valence-corrected chi connectivity index (χ2v) is 5.54. The second-order valence-electron chi connectivity index (χ2n) is 5.54. The Morgan fingerprint density at radius 3 is 2.95 bits per heavy atom. The lowest BCUT2D eigenvalue weighted by molar-refractivity contribution is -0.133. The van der Waals surface area contributed by atoms with Gasteiger partial charge in [-0.25, -0.2) is 4.68 Å². The van der Waals surface area contributed by atoms with Crippen LogP contribution in [0.25, 0.3) is 0 Å². The molecule has 1 aliphatic carbocycles. The van der Waals surface area contributed by atoms with E-state index in [1.54, 1.807) is 24.9 Å². The van der Waals surface area contributed by atoms with Crippen LogP contribution < -0.4 is 5.56 Å². The van der Waals surface area contributed by atoms with Crippen molar-refractivity contribution in [1.29, 1.82) is 0 Å². The fourth-order valence-corrected chi connectivity index (χ4v) is 2.62. The van der Waals surface area contributed by atoms with Gasteiger partial charge in [0.15, 0.2) is 0 Å². The lowest BCUT2D eigenvalue weighted by atomic mass is 10.2. The van der Waals surface area contributed by atoms with Gasteiger partial charge < -0.3 is 4.90 Å². The average molecular weight is 277 g/mol. The van der Waals surface area contributed by atoms with E-state index in [2.05, 4.69) is 12.0 Å². The van der Waals surface area contributed by atoms with E-state index >= 15 is 0 Å². The number of likely N-dealkylation sites (N-methyl/N-ethyl adjacent to an activating group) is 1. The summed E-state index contributed by atoms with van der Waals surface area (Å²) in [7, 11) is 1.78. The fourth-order valence-electron chi connectivity index (χ4n) is 2.62. The van der Waals surface area contributed by atoms with E-state index < -0.39 is 6.04 Å². The highest BCUT2D eigenvalue weighted by Gasteiger charge is 2.23. The Balaban J connectivity index is 2.18. The quantitative estimate of drug-likeness (QED) is 0.820. The first kappa shape index (κ1) is 14.8. The summed E-state index contributed by atoms with van der Waals surface area (Å²) in [6.45, 7) is 4.56. The molecule has 0 N–H and O–H groups in total. The van der Waals surface area contributed by atoms with Crippen LogP contribution in [0, 0.1) is 0 Å². The zero-order valence-corrected chi connectivity index (χ0v) is 12.6. The molecule has 5 heteroatoms. The first-order chi connectivity index (χ1) is 9.54. The summed E-state index contributed by atoms with van der Waals surface area (Å²) in [6.07, 6.45) is 4.90. The van der Waals surface area contributed by atoms with Crippen molar-refractivity contribution in [3.63, 3.8) is 0 Å². The molecule has 1 heterocycles. The van der Waals surface area contributed by atoms with Crippen molar-refractivity contribution in [3.8, 4) is 0 Å². The summed E-state index contributed by atoms with van der Waals surface area (Å²) in [5.74, 6) is -0.0500. The van der Waals surface area contributed by atoms with Crippen LogP contribution in [0.4, 0.5) is 0 Å². The molecule has 1 unspecified atom stereocenters. The maximum atomic E-state index is 12.3. The van der Waals surface area contributed by atoms with E-state index in [1.807, 2.05) is 0 Å². The number of carbonyl (C=O) groups is 1. The van der Waals surface area contributed by atoms with Crippen molar-refractivity contribution in [2.75, 3.05) is 13.6 Å². The fraction of sp³-hybridized carbons (Fsp3) is 0.667. The molecule has 0 radical (unpaired) electrons. The molecule has 0 bridgehead atoms. The number of aryl methyl sites for hydroxylation is 2. The molecule has 110 valence electrons. The maximum absolute atomic E-state index is 12.3. The molecular formula is C15H23N3O2. The second kappa shape index (κ2) is 6.20. The normalized spacial score (nSPS) is 14.9. The van der Waals surface area contributed by atoms with E-state index in [1.165, 1.54) is 4.68 Å². The number of hydrogen-bond acceptors (Lipinski definition) is 3. The van der Waals surface area contributed by atoms with Gasteiger partial charge in [-0.05, 0) is 38.2 Å². The van der Waals surface area contributed by atoms with Gasteiger partial charge >= 0.3 is 0 Å². The van der Waals surface area contributed by atoms with Gasteiger partial charge in [0.1, 0.15) is 6.04 Å². The molecule has 0 saturated carbocycles. The SMILES string of the molecule is CCCCN(C)C(=O)C(C)n1nc2c(cc1=O)CCC2. The predicted octanol–water partition coefficient (Wildman–Crippen LogP) is 1.55. The molecule has 20 heavy (non-hydrogen) atoms. The highest BCUT2D eigenvalue weighted by Crippen LogP contribution is 2.18. The topological polar surface area (TPSA) is 55.2 Å². The summed E-state index contributed by atoms with van der Waals surface area (Å²) in [5, 5.41) is 4.39. The smallest absolute Gasteiger partial charge is 0.267 e. The van der Waals surface area contributed by atoms with E-state index in [9.17, 15) is 9.59 Å². The van der Waals surface area contributed by atoms with Crippen LogP contribution in [0.2, 0.25) is 0 Å².